The number of hydrogen-bond donors (Lipinski definition) is 2. The van der Waals surface area contributed by atoms with Gasteiger partial charge in [-0.05, 0) is 94.4 Å². The maximum Gasteiger partial charge on any atom is 0.111 e. The molecular formula is C34H38F2N6O2. The fraction of sp³-hybridized carbons (Fsp3) is 0.529. The minimum atomic E-state index is -1.42. The molecule has 0 aromatic carbocycles. The normalized spacial score (nSPS) is 33.0. The molecule has 6 heterocycles. The molecule has 4 aromatic rings. The number of fused-ring (bicyclic) bond motifs is 6. The molecule has 8 nitrogen and oxygen atoms in total. The van der Waals surface area contributed by atoms with E-state index >= 15 is 8.78 Å². The van der Waals surface area contributed by atoms with Gasteiger partial charge in [-0.3, -0.25) is 9.97 Å². The summed E-state index contributed by atoms with van der Waals surface area (Å²) in [6.45, 7) is 0. The molecule has 2 N–H and O–H groups in total. The Balaban J connectivity index is 0.880. The second-order valence-corrected chi connectivity index (χ2v) is 13.6. The molecule has 10 heteroatoms. The first kappa shape index (κ1) is 28.0. The van der Waals surface area contributed by atoms with Crippen molar-refractivity contribution in [3.8, 4) is 22.5 Å². The van der Waals surface area contributed by atoms with E-state index in [2.05, 4.69) is 24.5 Å². The van der Waals surface area contributed by atoms with Crippen molar-refractivity contribution in [1.82, 2.24) is 29.1 Å². The number of alkyl halides is 2. The molecule has 2 aliphatic heterocycles. The first-order valence-electron chi connectivity index (χ1n) is 16.0. The fourth-order valence-electron chi connectivity index (χ4n) is 8.66. The number of rotatable bonds is 7. The van der Waals surface area contributed by atoms with Crippen LogP contribution in [-0.2, 0) is 0 Å². The second-order valence-electron chi connectivity index (χ2n) is 13.6. The number of halogens is 2. The highest BCUT2D eigenvalue weighted by molar-refractivity contribution is 5.67. The average Bonchev–Trinajstić information content (AvgIpc) is 3.82. The van der Waals surface area contributed by atoms with E-state index in [0.29, 0.717) is 44.9 Å². The van der Waals surface area contributed by atoms with Crippen molar-refractivity contribution < 1.29 is 19.0 Å². The highest BCUT2D eigenvalue weighted by Crippen LogP contribution is 2.52. The van der Waals surface area contributed by atoms with E-state index in [0.717, 1.165) is 33.9 Å². The van der Waals surface area contributed by atoms with Gasteiger partial charge in [0.1, 0.15) is 11.8 Å². The minimum Gasteiger partial charge on any atom is -0.387 e. The molecule has 0 spiro atoms. The molecular weight excluding hydrogens is 562 g/mol. The van der Waals surface area contributed by atoms with Gasteiger partial charge in [-0.2, -0.15) is 0 Å². The second kappa shape index (κ2) is 10.3. The summed E-state index contributed by atoms with van der Waals surface area (Å²) in [5.74, 6) is -0.210. The van der Waals surface area contributed by atoms with Gasteiger partial charge in [0.05, 0.1) is 71.1 Å². The topological polar surface area (TPSA) is 102 Å². The van der Waals surface area contributed by atoms with Crippen molar-refractivity contribution >= 4 is 0 Å². The van der Waals surface area contributed by atoms with Crippen LogP contribution in [0.4, 0.5) is 8.78 Å². The molecule has 4 aromatic heterocycles. The van der Waals surface area contributed by atoms with Gasteiger partial charge in [-0.25, -0.2) is 18.7 Å². The summed E-state index contributed by atoms with van der Waals surface area (Å²) in [4.78, 5) is 17.7. The number of nitrogens with zero attached hydrogens (tertiary/aromatic N) is 6. The van der Waals surface area contributed by atoms with Gasteiger partial charge in [-0.15, -0.1) is 0 Å². The molecule has 3 unspecified atom stereocenters. The highest BCUT2D eigenvalue weighted by Gasteiger charge is 2.55. The van der Waals surface area contributed by atoms with Gasteiger partial charge in [0.2, 0.25) is 0 Å². The summed E-state index contributed by atoms with van der Waals surface area (Å²) in [5.41, 5.74) is 1.74. The van der Waals surface area contributed by atoms with E-state index in [9.17, 15) is 10.2 Å². The van der Waals surface area contributed by atoms with Gasteiger partial charge >= 0.3 is 0 Å². The quantitative estimate of drug-likeness (QED) is 0.264. The maximum atomic E-state index is 16.2. The van der Waals surface area contributed by atoms with Crippen molar-refractivity contribution in [3.63, 3.8) is 0 Å². The first-order valence-corrected chi connectivity index (χ1v) is 16.0. The Kier molecular flexibility index (Phi) is 6.54. The highest BCUT2D eigenvalue weighted by atomic mass is 19.1. The van der Waals surface area contributed by atoms with Crippen LogP contribution in [0.3, 0.4) is 0 Å². The predicted molar refractivity (Wildman–Crippen MR) is 160 cm³/mol. The first-order chi connectivity index (χ1) is 21.3. The fourth-order valence-corrected chi connectivity index (χ4v) is 8.66. The van der Waals surface area contributed by atoms with Gasteiger partial charge in [-0.1, -0.05) is 0 Å². The molecule has 3 atom stereocenters. The third-order valence-electron chi connectivity index (χ3n) is 11.4. The van der Waals surface area contributed by atoms with Crippen molar-refractivity contribution in [2.45, 2.75) is 106 Å². The van der Waals surface area contributed by atoms with E-state index in [1.165, 1.54) is 0 Å². The monoisotopic (exact) mass is 600 g/mol. The van der Waals surface area contributed by atoms with Crippen LogP contribution >= 0.6 is 0 Å². The van der Waals surface area contributed by atoms with Crippen LogP contribution in [0.5, 0.6) is 0 Å². The van der Waals surface area contributed by atoms with E-state index in [1.54, 1.807) is 31.2 Å². The van der Waals surface area contributed by atoms with Crippen LogP contribution in [0, 0.1) is 5.92 Å². The van der Waals surface area contributed by atoms with Crippen molar-refractivity contribution in [2.75, 3.05) is 0 Å². The lowest BCUT2D eigenvalue weighted by molar-refractivity contribution is -0.200. The zero-order chi connectivity index (χ0) is 30.1. The molecule has 2 fully saturated rings. The number of imidazole rings is 2. The summed E-state index contributed by atoms with van der Waals surface area (Å²) >= 11 is 0. The molecule has 0 radical (unpaired) electrons. The van der Waals surface area contributed by atoms with E-state index in [4.69, 9.17) is 0 Å². The lowest BCUT2D eigenvalue weighted by atomic mass is 9.62. The molecule has 4 aliphatic rings. The molecule has 230 valence electrons. The number of aromatic nitrogens is 6. The van der Waals surface area contributed by atoms with E-state index in [-0.39, 0.29) is 43.7 Å². The third kappa shape index (κ3) is 4.35. The lowest BCUT2D eigenvalue weighted by Gasteiger charge is -2.51. The van der Waals surface area contributed by atoms with Crippen molar-refractivity contribution in [3.05, 3.63) is 73.1 Å². The Labute approximate surface area is 255 Å². The summed E-state index contributed by atoms with van der Waals surface area (Å²) in [6.07, 6.45) is 13.3. The van der Waals surface area contributed by atoms with Crippen LogP contribution in [-0.4, -0.2) is 62.3 Å². The Morgan fingerprint density at radius 2 is 1.34 bits per heavy atom. The average molecular weight is 601 g/mol. The maximum absolute atomic E-state index is 16.2. The summed E-state index contributed by atoms with van der Waals surface area (Å²) in [5, 5.41) is 23.4. The van der Waals surface area contributed by atoms with Gasteiger partial charge in [0.15, 0.2) is 0 Å². The molecule has 0 saturated heterocycles. The predicted octanol–water partition coefficient (Wildman–Crippen LogP) is 6.15. The van der Waals surface area contributed by atoms with E-state index < -0.39 is 23.0 Å². The number of aliphatic hydroxyl groups is 2. The molecule has 44 heavy (non-hydrogen) atoms. The van der Waals surface area contributed by atoms with Gasteiger partial charge < -0.3 is 19.3 Å². The molecule has 0 amide bonds. The summed E-state index contributed by atoms with van der Waals surface area (Å²) in [6, 6.07) is 7.57. The van der Waals surface area contributed by atoms with E-state index in [1.807, 2.05) is 35.0 Å². The van der Waals surface area contributed by atoms with Crippen LogP contribution in [0.25, 0.3) is 22.5 Å². The zero-order valence-corrected chi connectivity index (χ0v) is 24.7. The van der Waals surface area contributed by atoms with Crippen molar-refractivity contribution in [1.29, 1.82) is 0 Å². The summed E-state index contributed by atoms with van der Waals surface area (Å²) < 4.78 is 36.1. The lowest BCUT2D eigenvalue weighted by Crippen LogP contribution is -2.59. The standard InChI is InChI=1S/C34H38F2N6O2/c35-25(17-27-31-24(4-2-16-40-31)29-19-38-21-42(27)29)22-5-9-33(43,10-6-22)34(44)13-11-32(36,12-14-34)8-7-26-30-23(3-1-15-39-30)28-18-37-20-41(26)28/h1-4,15-16,18-22,25-27,43-44H,5-14,17H2. The Morgan fingerprint density at radius 3 is 1.95 bits per heavy atom. The summed E-state index contributed by atoms with van der Waals surface area (Å²) in [7, 11) is 0. The molecule has 2 aliphatic carbocycles. The van der Waals surface area contributed by atoms with Gasteiger partial charge in [0, 0.05) is 29.9 Å². The van der Waals surface area contributed by atoms with Crippen LogP contribution < -0.4 is 0 Å². The Bertz CT molecular complexity index is 1670. The minimum absolute atomic E-state index is 0.0564. The third-order valence-corrected chi connectivity index (χ3v) is 11.4. The largest absolute Gasteiger partial charge is 0.387 e. The Hall–Kier alpha value is -3.50. The molecule has 0 bridgehead atoms. The van der Waals surface area contributed by atoms with Crippen LogP contribution in [0.2, 0.25) is 0 Å². The van der Waals surface area contributed by atoms with Crippen LogP contribution in [0.1, 0.15) is 94.1 Å². The SMILES string of the molecule is OC1(C2(O)CCC(F)(CCC3c4ncccc4-c4cncn43)CC2)CCC(C(F)CC2c3ncccc3-c3cncn32)CC1. The molecule has 8 rings (SSSR count). The number of hydrogen-bond acceptors (Lipinski definition) is 6. The number of pyridine rings is 2. The molecule has 2 saturated carbocycles. The van der Waals surface area contributed by atoms with Crippen molar-refractivity contribution in [2.24, 2.45) is 5.92 Å². The smallest absolute Gasteiger partial charge is 0.111 e. The zero-order valence-electron chi connectivity index (χ0n) is 24.7. The van der Waals surface area contributed by atoms with Crippen LogP contribution in [0.15, 0.2) is 61.7 Å². The van der Waals surface area contributed by atoms with Gasteiger partial charge in [0.25, 0.3) is 0 Å². The Morgan fingerprint density at radius 1 is 0.795 bits per heavy atom.